The van der Waals surface area contributed by atoms with Crippen LogP contribution in [0.15, 0.2) is 47.1 Å². The van der Waals surface area contributed by atoms with Crippen molar-refractivity contribution in [2.24, 2.45) is 5.92 Å². The van der Waals surface area contributed by atoms with Gasteiger partial charge in [0.2, 0.25) is 17.7 Å². The maximum Gasteiger partial charge on any atom is 0.248 e. The predicted octanol–water partition coefficient (Wildman–Crippen LogP) is 4.06. The number of anilines is 1. The molecule has 0 N–H and O–H groups in total. The molecule has 32 heavy (non-hydrogen) atoms. The second-order valence-corrected chi connectivity index (χ2v) is 8.99. The Labute approximate surface area is 192 Å². The smallest absolute Gasteiger partial charge is 0.248 e. The van der Waals surface area contributed by atoms with Gasteiger partial charge in [-0.15, -0.1) is 0 Å². The molecule has 2 fully saturated rings. The van der Waals surface area contributed by atoms with Gasteiger partial charge in [0, 0.05) is 17.1 Å². The minimum atomic E-state index is -0.261. The molecule has 0 atom stereocenters. The lowest BCUT2D eigenvalue weighted by Gasteiger charge is -2.25. The first kappa shape index (κ1) is 22.4. The summed E-state index contributed by atoms with van der Waals surface area (Å²) in [4.78, 5) is 43.1. The van der Waals surface area contributed by atoms with Crippen molar-refractivity contribution >= 4 is 35.0 Å². The summed E-state index contributed by atoms with van der Waals surface area (Å²) in [6.07, 6.45) is 7.66. The Morgan fingerprint density at radius 1 is 1.16 bits per heavy atom. The van der Waals surface area contributed by atoms with Crippen LogP contribution in [0.2, 0.25) is 5.02 Å². The van der Waals surface area contributed by atoms with E-state index in [4.69, 9.17) is 16.0 Å². The van der Waals surface area contributed by atoms with E-state index < -0.39 is 0 Å². The van der Waals surface area contributed by atoms with Crippen molar-refractivity contribution in [3.63, 3.8) is 0 Å². The summed E-state index contributed by atoms with van der Waals surface area (Å²) in [5, 5.41) is 0.526. The number of nitrogens with zero attached hydrogens (tertiary/aromatic N) is 3. The molecule has 0 radical (unpaired) electrons. The molecule has 1 aromatic carbocycles. The van der Waals surface area contributed by atoms with Crippen molar-refractivity contribution < 1.29 is 18.8 Å². The van der Waals surface area contributed by atoms with Gasteiger partial charge in [-0.25, -0.2) is 0 Å². The van der Waals surface area contributed by atoms with E-state index in [1.165, 1.54) is 35.5 Å². The molecule has 2 heterocycles. The maximum atomic E-state index is 13.0. The first-order valence-corrected chi connectivity index (χ1v) is 11.5. The van der Waals surface area contributed by atoms with Gasteiger partial charge in [-0.05, 0) is 42.7 Å². The largest absolute Gasteiger partial charge is 0.467 e. The van der Waals surface area contributed by atoms with Crippen molar-refractivity contribution in [1.29, 1.82) is 0 Å². The van der Waals surface area contributed by atoms with Gasteiger partial charge in [0.05, 0.1) is 12.8 Å². The molecule has 2 aromatic rings. The molecule has 4 rings (SSSR count). The van der Waals surface area contributed by atoms with Crippen molar-refractivity contribution in [3.05, 3.63) is 53.4 Å². The zero-order valence-electron chi connectivity index (χ0n) is 18.0. The Bertz CT molecular complexity index is 956. The normalized spacial score (nSPS) is 16.7. The van der Waals surface area contributed by atoms with Crippen LogP contribution in [-0.2, 0) is 20.9 Å². The van der Waals surface area contributed by atoms with E-state index in [1.807, 2.05) is 0 Å². The van der Waals surface area contributed by atoms with Crippen LogP contribution in [0, 0.1) is 5.92 Å². The van der Waals surface area contributed by atoms with E-state index in [9.17, 15) is 14.4 Å². The summed E-state index contributed by atoms with van der Waals surface area (Å²) in [7, 11) is 0. The molecule has 170 valence electrons. The lowest BCUT2D eigenvalue weighted by Crippen LogP contribution is -2.42. The average Bonchev–Trinajstić information content (AvgIpc) is 3.54. The zero-order chi connectivity index (χ0) is 22.5. The van der Waals surface area contributed by atoms with Gasteiger partial charge in [0.15, 0.2) is 0 Å². The molecule has 7 nitrogen and oxygen atoms in total. The number of furan rings is 1. The summed E-state index contributed by atoms with van der Waals surface area (Å²) in [6.45, 7) is 0.280. The molecular formula is C24H28ClN3O4. The number of rotatable bonds is 8. The summed E-state index contributed by atoms with van der Waals surface area (Å²) >= 11 is 6.05. The average molecular weight is 458 g/mol. The Balaban J connectivity index is 1.39. The second kappa shape index (κ2) is 10.2. The fraction of sp³-hybridized carbons (Fsp3) is 0.458. The highest BCUT2D eigenvalue weighted by Gasteiger charge is 2.33. The van der Waals surface area contributed by atoms with Crippen LogP contribution in [0.5, 0.6) is 0 Å². The molecule has 8 heteroatoms. The number of carbonyl (C=O) groups excluding carboxylic acids is 3. The van der Waals surface area contributed by atoms with Crippen LogP contribution in [0.25, 0.3) is 0 Å². The summed E-state index contributed by atoms with van der Waals surface area (Å²) in [5.41, 5.74) is 0.651. The second-order valence-electron chi connectivity index (χ2n) is 8.55. The van der Waals surface area contributed by atoms with Crippen molar-refractivity contribution in [3.8, 4) is 0 Å². The molecule has 1 saturated carbocycles. The molecular weight excluding hydrogens is 430 g/mol. The number of benzene rings is 1. The van der Waals surface area contributed by atoms with Gasteiger partial charge in [0.25, 0.3) is 0 Å². The van der Waals surface area contributed by atoms with Gasteiger partial charge in [-0.1, -0.05) is 43.4 Å². The molecule has 0 spiro atoms. The van der Waals surface area contributed by atoms with Crippen LogP contribution >= 0.6 is 11.6 Å². The van der Waals surface area contributed by atoms with Crippen LogP contribution in [0.4, 0.5) is 5.69 Å². The lowest BCUT2D eigenvalue weighted by atomic mass is 10.0. The maximum absolute atomic E-state index is 13.0. The SMILES string of the molecule is O=C(CCC1CCCC1)N(CC(=O)N1CC(=O)N(c2cccc(Cl)c2)C1)Cc1ccco1. The highest BCUT2D eigenvalue weighted by molar-refractivity contribution is 6.31. The number of halogens is 1. The highest BCUT2D eigenvalue weighted by Crippen LogP contribution is 2.29. The van der Waals surface area contributed by atoms with E-state index in [1.54, 1.807) is 47.6 Å². The standard InChI is InChI=1S/C24H28ClN3O4/c25-19-7-3-8-20(13-19)28-17-27(16-24(28)31)23(30)15-26(14-21-9-4-12-32-21)22(29)11-10-18-5-1-2-6-18/h3-4,7-9,12-13,18H,1-2,5-6,10-11,14-17H2. The third-order valence-electron chi connectivity index (χ3n) is 6.26. The topological polar surface area (TPSA) is 74.1 Å². The quantitative estimate of drug-likeness (QED) is 0.599. The lowest BCUT2D eigenvalue weighted by molar-refractivity contribution is -0.141. The molecule has 3 amide bonds. The van der Waals surface area contributed by atoms with E-state index in [0.29, 0.717) is 28.8 Å². The van der Waals surface area contributed by atoms with Gasteiger partial charge < -0.3 is 14.2 Å². The first-order chi connectivity index (χ1) is 15.5. The van der Waals surface area contributed by atoms with E-state index in [-0.39, 0.29) is 44.0 Å². The van der Waals surface area contributed by atoms with Crippen molar-refractivity contribution in [2.45, 2.75) is 45.1 Å². The van der Waals surface area contributed by atoms with Crippen molar-refractivity contribution in [2.75, 3.05) is 24.7 Å². The Hall–Kier alpha value is -2.80. The van der Waals surface area contributed by atoms with E-state index in [2.05, 4.69) is 0 Å². The first-order valence-electron chi connectivity index (χ1n) is 11.1. The fourth-order valence-corrected chi connectivity index (χ4v) is 4.64. The summed E-state index contributed by atoms with van der Waals surface area (Å²) < 4.78 is 5.41. The van der Waals surface area contributed by atoms with Crippen LogP contribution in [-0.4, -0.2) is 47.3 Å². The Morgan fingerprint density at radius 2 is 1.97 bits per heavy atom. The number of hydrogen-bond donors (Lipinski definition) is 0. The Morgan fingerprint density at radius 3 is 2.69 bits per heavy atom. The number of hydrogen-bond acceptors (Lipinski definition) is 4. The minimum absolute atomic E-state index is 0.0177. The van der Waals surface area contributed by atoms with Gasteiger partial charge in [-0.3, -0.25) is 19.3 Å². The van der Waals surface area contributed by atoms with Crippen LogP contribution in [0.3, 0.4) is 0 Å². The van der Waals surface area contributed by atoms with Gasteiger partial charge in [0.1, 0.15) is 25.5 Å². The van der Waals surface area contributed by atoms with Gasteiger partial charge in [-0.2, -0.15) is 0 Å². The third kappa shape index (κ3) is 5.51. The molecule has 1 aliphatic carbocycles. The molecule has 0 bridgehead atoms. The van der Waals surface area contributed by atoms with Crippen molar-refractivity contribution in [1.82, 2.24) is 9.80 Å². The van der Waals surface area contributed by atoms with Crippen LogP contribution < -0.4 is 4.90 Å². The molecule has 1 aromatic heterocycles. The summed E-state index contributed by atoms with van der Waals surface area (Å²) in [6, 6.07) is 10.5. The van der Waals surface area contributed by atoms with Crippen LogP contribution in [0.1, 0.15) is 44.3 Å². The number of amides is 3. The van der Waals surface area contributed by atoms with E-state index >= 15 is 0 Å². The molecule has 2 aliphatic rings. The predicted molar refractivity (Wildman–Crippen MR) is 121 cm³/mol. The summed E-state index contributed by atoms with van der Waals surface area (Å²) in [5.74, 6) is 0.737. The molecule has 1 aliphatic heterocycles. The zero-order valence-corrected chi connectivity index (χ0v) is 18.8. The minimum Gasteiger partial charge on any atom is -0.467 e. The molecule has 1 saturated heterocycles. The van der Waals surface area contributed by atoms with E-state index in [0.717, 1.165) is 6.42 Å². The fourth-order valence-electron chi connectivity index (χ4n) is 4.46. The molecule has 0 unspecified atom stereocenters. The van der Waals surface area contributed by atoms with Gasteiger partial charge >= 0.3 is 0 Å². The Kier molecular flexibility index (Phi) is 7.15. The number of carbonyl (C=O) groups is 3. The monoisotopic (exact) mass is 457 g/mol. The third-order valence-corrected chi connectivity index (χ3v) is 6.49. The highest BCUT2D eigenvalue weighted by atomic mass is 35.5.